The second kappa shape index (κ2) is 7.43. The molecule has 2 rings (SSSR count). The van der Waals surface area contributed by atoms with Crippen LogP contribution in [0.25, 0.3) is 0 Å². The van der Waals surface area contributed by atoms with E-state index in [1.54, 1.807) is 0 Å². The van der Waals surface area contributed by atoms with Crippen molar-refractivity contribution in [1.29, 1.82) is 0 Å². The minimum Gasteiger partial charge on any atom is -0.389 e. The normalized spacial score (nSPS) is 18.3. The quantitative estimate of drug-likeness (QED) is 0.886. The summed E-state index contributed by atoms with van der Waals surface area (Å²) in [7, 11) is 3.89. The van der Waals surface area contributed by atoms with Gasteiger partial charge < -0.3 is 10.0 Å². The fourth-order valence-electron chi connectivity index (χ4n) is 3.14. The minimum absolute atomic E-state index is 0.157. The van der Waals surface area contributed by atoms with Crippen LogP contribution < -0.4 is 0 Å². The molecule has 128 valence electrons. The van der Waals surface area contributed by atoms with Gasteiger partial charge in [-0.25, -0.2) is 0 Å². The third kappa shape index (κ3) is 5.03. The van der Waals surface area contributed by atoms with Crippen LogP contribution in [0.2, 0.25) is 0 Å². The predicted molar refractivity (Wildman–Crippen MR) is 92.2 cm³/mol. The van der Waals surface area contributed by atoms with E-state index in [1.807, 2.05) is 68.1 Å². The minimum atomic E-state index is -0.692. The Morgan fingerprint density at radius 1 is 1.17 bits per heavy atom. The Kier molecular flexibility index (Phi) is 5.79. The van der Waals surface area contributed by atoms with Crippen LogP contribution in [0, 0.1) is 0 Å². The van der Waals surface area contributed by atoms with Gasteiger partial charge in [-0.3, -0.25) is 14.6 Å². The molecule has 1 heterocycles. The first-order chi connectivity index (χ1) is 10.8. The lowest BCUT2D eigenvalue weighted by atomic mass is 10.0. The molecule has 5 heteroatoms. The maximum atomic E-state index is 12.9. The van der Waals surface area contributed by atoms with Crippen molar-refractivity contribution in [3.8, 4) is 0 Å². The maximum Gasteiger partial charge on any atom is 0.244 e. The highest BCUT2D eigenvalue weighted by Crippen LogP contribution is 2.21. The zero-order valence-corrected chi connectivity index (χ0v) is 14.7. The molecule has 1 aromatic carbocycles. The van der Waals surface area contributed by atoms with Crippen LogP contribution in [0.4, 0.5) is 0 Å². The molecule has 0 spiro atoms. The van der Waals surface area contributed by atoms with E-state index in [2.05, 4.69) is 4.90 Å². The van der Waals surface area contributed by atoms with Crippen LogP contribution >= 0.6 is 0 Å². The first kappa shape index (κ1) is 17.9. The van der Waals surface area contributed by atoms with E-state index in [4.69, 9.17) is 0 Å². The first-order valence-electron chi connectivity index (χ1n) is 8.23. The summed E-state index contributed by atoms with van der Waals surface area (Å²) in [5.41, 5.74) is 0.337. The molecule has 1 fully saturated rings. The fraction of sp³-hybridized carbons (Fsp3) is 0.611. The monoisotopic (exact) mass is 319 g/mol. The van der Waals surface area contributed by atoms with E-state index >= 15 is 0 Å². The average molecular weight is 319 g/mol. The number of hydrogen-bond donors (Lipinski definition) is 1. The molecule has 23 heavy (non-hydrogen) atoms. The number of β-amino-alcohol motifs (C(OH)–C–C–N with tert-alkyl or cyclic N) is 1. The van der Waals surface area contributed by atoms with Gasteiger partial charge in [0.2, 0.25) is 5.91 Å². The molecule has 0 unspecified atom stereocenters. The number of aliphatic hydroxyl groups is 1. The highest BCUT2D eigenvalue weighted by atomic mass is 16.3. The molecule has 1 atom stereocenters. The number of benzene rings is 1. The Balaban J connectivity index is 2.00. The van der Waals surface area contributed by atoms with Crippen molar-refractivity contribution in [2.75, 3.05) is 46.8 Å². The molecule has 1 N–H and O–H groups in total. The van der Waals surface area contributed by atoms with Gasteiger partial charge in [0.15, 0.2) is 0 Å². The van der Waals surface area contributed by atoms with E-state index in [0.29, 0.717) is 19.6 Å². The van der Waals surface area contributed by atoms with Gasteiger partial charge in [-0.15, -0.1) is 0 Å². The number of carbonyl (C=O) groups is 1. The number of rotatable bonds is 5. The summed E-state index contributed by atoms with van der Waals surface area (Å²) in [6, 6.07) is 9.69. The van der Waals surface area contributed by atoms with Gasteiger partial charge in [0.1, 0.15) is 6.04 Å². The van der Waals surface area contributed by atoms with Crippen LogP contribution in [0.3, 0.4) is 0 Å². The lowest BCUT2D eigenvalue weighted by Gasteiger charge is -2.39. The Morgan fingerprint density at radius 2 is 1.74 bits per heavy atom. The van der Waals surface area contributed by atoms with E-state index in [9.17, 15) is 9.90 Å². The van der Waals surface area contributed by atoms with Crippen LogP contribution in [0.5, 0.6) is 0 Å². The van der Waals surface area contributed by atoms with E-state index in [-0.39, 0.29) is 11.9 Å². The van der Waals surface area contributed by atoms with Crippen molar-refractivity contribution >= 4 is 5.91 Å². The van der Waals surface area contributed by atoms with Crippen molar-refractivity contribution in [1.82, 2.24) is 14.7 Å². The van der Waals surface area contributed by atoms with Gasteiger partial charge in [-0.05, 0) is 33.5 Å². The van der Waals surface area contributed by atoms with Crippen molar-refractivity contribution in [2.24, 2.45) is 0 Å². The molecule has 0 saturated carbocycles. The zero-order chi connectivity index (χ0) is 17.0. The van der Waals surface area contributed by atoms with Crippen LogP contribution in [-0.4, -0.2) is 78.1 Å². The zero-order valence-electron chi connectivity index (χ0n) is 14.7. The summed E-state index contributed by atoms with van der Waals surface area (Å²) in [6.07, 6.45) is 0. The van der Waals surface area contributed by atoms with Gasteiger partial charge in [-0.2, -0.15) is 0 Å². The maximum absolute atomic E-state index is 12.9. The molecule has 1 aliphatic heterocycles. The van der Waals surface area contributed by atoms with E-state index in [1.165, 1.54) is 0 Å². The Morgan fingerprint density at radius 3 is 2.22 bits per heavy atom. The second-order valence-corrected chi connectivity index (χ2v) is 7.19. The second-order valence-electron chi connectivity index (χ2n) is 7.19. The van der Waals surface area contributed by atoms with Crippen molar-refractivity contribution in [2.45, 2.75) is 25.5 Å². The molecule has 1 aliphatic rings. The summed E-state index contributed by atoms with van der Waals surface area (Å²) < 4.78 is 0. The molecule has 1 amide bonds. The molecule has 1 aromatic rings. The van der Waals surface area contributed by atoms with Crippen LogP contribution in [-0.2, 0) is 4.79 Å². The van der Waals surface area contributed by atoms with Crippen molar-refractivity contribution in [3.63, 3.8) is 0 Å². The number of hydrogen-bond acceptors (Lipinski definition) is 4. The molecule has 1 saturated heterocycles. The number of piperazine rings is 1. The van der Waals surface area contributed by atoms with Gasteiger partial charge in [0, 0.05) is 32.7 Å². The van der Waals surface area contributed by atoms with Gasteiger partial charge in [0.25, 0.3) is 0 Å². The Hall–Kier alpha value is -1.43. The average Bonchev–Trinajstić information content (AvgIpc) is 2.47. The first-order valence-corrected chi connectivity index (χ1v) is 8.23. The summed E-state index contributed by atoms with van der Waals surface area (Å²) in [6.45, 7) is 7.34. The lowest BCUT2D eigenvalue weighted by Crippen LogP contribution is -2.53. The number of carbonyl (C=O) groups excluding carboxylic acids is 1. The largest absolute Gasteiger partial charge is 0.389 e. The van der Waals surface area contributed by atoms with E-state index < -0.39 is 5.60 Å². The van der Waals surface area contributed by atoms with Gasteiger partial charge in [-0.1, -0.05) is 30.3 Å². The predicted octanol–water partition coefficient (Wildman–Crippen LogP) is 1.20. The summed E-state index contributed by atoms with van der Waals surface area (Å²) in [5, 5.41) is 9.93. The molecule has 0 radical (unpaired) electrons. The highest BCUT2D eigenvalue weighted by molar-refractivity contribution is 5.83. The van der Waals surface area contributed by atoms with Gasteiger partial charge in [0.05, 0.1) is 5.60 Å². The smallest absolute Gasteiger partial charge is 0.244 e. The Bertz CT molecular complexity index is 503. The summed E-state index contributed by atoms with van der Waals surface area (Å²) in [5.74, 6) is 0.157. The SMILES string of the molecule is CN(C)[C@@H](C(=O)N1CCN(CC(C)(C)O)CC1)c1ccccc1. The van der Waals surface area contributed by atoms with Crippen LogP contribution in [0.1, 0.15) is 25.5 Å². The molecule has 0 bridgehead atoms. The third-order valence-electron chi connectivity index (χ3n) is 4.16. The number of amides is 1. The third-order valence-corrected chi connectivity index (χ3v) is 4.16. The van der Waals surface area contributed by atoms with Crippen molar-refractivity contribution < 1.29 is 9.90 Å². The topological polar surface area (TPSA) is 47.0 Å². The van der Waals surface area contributed by atoms with Crippen molar-refractivity contribution in [3.05, 3.63) is 35.9 Å². The molecule has 0 aromatic heterocycles. The highest BCUT2D eigenvalue weighted by Gasteiger charge is 2.30. The fourth-order valence-corrected chi connectivity index (χ4v) is 3.14. The number of likely N-dealkylation sites (N-methyl/N-ethyl adjacent to an activating group) is 1. The molecule has 5 nitrogen and oxygen atoms in total. The standard InChI is InChI=1S/C18H29N3O2/c1-18(2,23)14-20-10-12-21(13-11-20)17(22)16(19(3)4)15-8-6-5-7-9-15/h5-9,16,23H,10-14H2,1-4H3/t16-/m1/s1. The molecular weight excluding hydrogens is 290 g/mol. The van der Waals surface area contributed by atoms with Crippen LogP contribution in [0.15, 0.2) is 30.3 Å². The van der Waals surface area contributed by atoms with E-state index in [0.717, 1.165) is 18.7 Å². The molecular formula is C18H29N3O2. The summed E-state index contributed by atoms with van der Waals surface area (Å²) in [4.78, 5) is 19.1. The lowest BCUT2D eigenvalue weighted by molar-refractivity contribution is -0.138. The molecule has 0 aliphatic carbocycles. The number of nitrogens with zero attached hydrogens (tertiary/aromatic N) is 3. The van der Waals surface area contributed by atoms with Gasteiger partial charge >= 0.3 is 0 Å². The summed E-state index contributed by atoms with van der Waals surface area (Å²) >= 11 is 0. The Labute approximate surface area is 139 Å².